The van der Waals surface area contributed by atoms with Crippen LogP contribution in [0.25, 0.3) is 0 Å². The molecule has 11 rings (SSSR count). The number of aliphatic hydroxyl groups is 20. The molecule has 0 bridgehead atoms. The molecule has 6 fully saturated rings. The first kappa shape index (κ1) is 87.1. The number of nitrogens with zero attached hydrogens (tertiary/aromatic N) is 15. The monoisotopic (exact) mass is 1620 g/mol. The van der Waals surface area contributed by atoms with E-state index in [1.54, 1.807) is 0 Å². The van der Waals surface area contributed by atoms with E-state index in [0.717, 1.165) is 0 Å². The van der Waals surface area contributed by atoms with Crippen molar-refractivity contribution in [3.05, 3.63) is 59.5 Å². The smallest absolute Gasteiger partial charge is 0.187 e. The zero-order valence-corrected chi connectivity index (χ0v) is 59.7. The van der Waals surface area contributed by atoms with E-state index < -0.39 is 217 Å². The fourth-order valence-corrected chi connectivity index (χ4v) is 12.6. The van der Waals surface area contributed by atoms with Gasteiger partial charge in [0.1, 0.15) is 175 Å². The molecule has 0 radical (unpaired) electrons. The topological polar surface area (TPSA) is 706 Å². The molecule has 6 saturated heterocycles. The first-order chi connectivity index (χ1) is 54.0. The third-order valence-corrected chi connectivity index (χ3v) is 19.0. The molecule has 0 aromatic carbocycles. The summed E-state index contributed by atoms with van der Waals surface area (Å²) in [5.41, 5.74) is 1.06. The van der Waals surface area contributed by atoms with E-state index in [-0.39, 0.29) is 134 Å². The predicted molar refractivity (Wildman–Crippen MR) is 348 cm³/mol. The van der Waals surface area contributed by atoms with Crippen LogP contribution in [-0.4, -0.2) is 434 Å². The molecule has 6 aliphatic rings. The van der Waals surface area contributed by atoms with E-state index >= 15 is 0 Å². The zero-order valence-electron chi connectivity index (χ0n) is 59.7. The van der Waals surface area contributed by atoms with E-state index in [4.69, 9.17) is 75.8 Å². The van der Waals surface area contributed by atoms with Crippen molar-refractivity contribution in [2.24, 2.45) is 0 Å². The standard InChI is InChI=1S/C61H97N15O36/c77-16-32-38(82)43(87)48(92)56(107-32)98-6-1-72-11-27(62-67-72)21-97-26-37-53(103-22-28-12-73(68-63-28)2-7-99-57-49(93)44(88)39(83)33(17-78)108-57)54(104-23-29-13-74(69-64-29)3-8-100-58-50(94)45(89)40(84)34(18-79)109-58)55(105-24-30-14-75(70-65-30)4-9-101-59-51(95)46(90)41(85)35(19-80)110-59)61(112-37)106-25-31-15-76(71-66-31)5-10-102-60-52(96)47(91)42(86)36(20-81)111-60/h11-15,32-61,77-96H,1-10,16-26H2/t32-,33-,34-,35-,36-,37-,38+,39+,40+,41+,42+,43+,44+,45+,46+,47+,48-,49-,50-,51-,52-,53-,54+,55-,56-,57-,58-,59-,60-,61-/m1/s1. The van der Waals surface area contributed by atoms with Crippen molar-refractivity contribution in [3.8, 4) is 0 Å². The molecule has 11 heterocycles. The Labute approximate surface area is 633 Å². The summed E-state index contributed by atoms with van der Waals surface area (Å²) >= 11 is 0. The van der Waals surface area contributed by atoms with Crippen molar-refractivity contribution >= 4 is 0 Å². The molecular formula is C61H97N15O36. The van der Waals surface area contributed by atoms with Gasteiger partial charge in [-0.25, -0.2) is 23.4 Å². The lowest BCUT2D eigenvalue weighted by molar-refractivity contribution is -0.331. The number of ether oxygens (including phenoxy) is 16. The summed E-state index contributed by atoms with van der Waals surface area (Å²) in [7, 11) is 0. The summed E-state index contributed by atoms with van der Waals surface area (Å²) in [6.07, 6.45) is -37.8. The minimum Gasteiger partial charge on any atom is -0.394 e. The predicted octanol–water partition coefficient (Wildman–Crippen LogP) is -15.1. The largest absolute Gasteiger partial charge is 0.394 e. The summed E-state index contributed by atoms with van der Waals surface area (Å²) in [6, 6.07) is 0. The van der Waals surface area contributed by atoms with E-state index in [1.165, 1.54) is 54.4 Å². The summed E-state index contributed by atoms with van der Waals surface area (Å²) in [5, 5.41) is 247. The first-order valence-electron chi connectivity index (χ1n) is 35.7. The lowest BCUT2D eigenvalue weighted by Crippen LogP contribution is -2.61. The normalized spacial score (nSPS) is 36.8. The molecule has 51 nitrogen and oxygen atoms in total. The average molecular weight is 1620 g/mol. The molecular weight excluding hydrogens is 1520 g/mol. The van der Waals surface area contributed by atoms with Crippen molar-refractivity contribution in [1.29, 1.82) is 0 Å². The van der Waals surface area contributed by atoms with E-state index in [0.29, 0.717) is 0 Å². The van der Waals surface area contributed by atoms with Crippen molar-refractivity contribution < 1.29 is 178 Å². The van der Waals surface area contributed by atoms with Gasteiger partial charge < -0.3 is 178 Å². The molecule has 112 heavy (non-hydrogen) atoms. The van der Waals surface area contributed by atoms with Gasteiger partial charge in [0, 0.05) is 0 Å². The minimum atomic E-state index is -1.71. The fraction of sp³-hybridized carbons (Fsp3) is 0.836. The maximum atomic E-state index is 10.6. The number of aliphatic hydroxyl groups excluding tert-OH is 20. The van der Waals surface area contributed by atoms with Crippen LogP contribution in [0.5, 0.6) is 0 Å². The third kappa shape index (κ3) is 21.9. The summed E-state index contributed by atoms with van der Waals surface area (Å²) in [5.74, 6) is 0. The number of hydrogen-bond donors (Lipinski definition) is 20. The van der Waals surface area contributed by atoms with Gasteiger partial charge in [0.15, 0.2) is 37.7 Å². The molecule has 51 heteroatoms. The van der Waals surface area contributed by atoms with Gasteiger partial charge >= 0.3 is 0 Å². The van der Waals surface area contributed by atoms with E-state index in [9.17, 15) is 102 Å². The molecule has 0 aliphatic carbocycles. The highest BCUT2D eigenvalue weighted by Gasteiger charge is 2.52. The average Bonchev–Trinajstić information content (AvgIpc) is 1.11. The van der Waals surface area contributed by atoms with E-state index in [2.05, 4.69) is 51.6 Å². The van der Waals surface area contributed by atoms with Crippen molar-refractivity contribution in [2.75, 3.05) is 72.7 Å². The van der Waals surface area contributed by atoms with Crippen LogP contribution < -0.4 is 0 Å². The van der Waals surface area contributed by atoms with Crippen LogP contribution in [0.2, 0.25) is 0 Å². The Hall–Kier alpha value is -5.74. The zero-order chi connectivity index (χ0) is 79.9. The summed E-state index contributed by atoms with van der Waals surface area (Å²) in [4.78, 5) is 0. The molecule has 5 aromatic heterocycles. The molecule has 0 unspecified atom stereocenters. The Morgan fingerprint density at radius 2 is 0.482 bits per heavy atom. The van der Waals surface area contributed by atoms with Gasteiger partial charge in [0.25, 0.3) is 0 Å². The van der Waals surface area contributed by atoms with Gasteiger partial charge in [-0.3, -0.25) is 0 Å². The molecule has 0 spiro atoms. The Kier molecular flexibility index (Phi) is 32.2. The lowest BCUT2D eigenvalue weighted by atomic mass is 9.98. The fourth-order valence-electron chi connectivity index (χ4n) is 12.6. The highest BCUT2D eigenvalue weighted by atomic mass is 16.8. The Morgan fingerprint density at radius 1 is 0.250 bits per heavy atom. The van der Waals surface area contributed by atoms with Crippen LogP contribution in [-0.2, 0) is 142 Å². The first-order valence-corrected chi connectivity index (χ1v) is 35.7. The second kappa shape index (κ2) is 41.4. The highest BCUT2D eigenvalue weighted by Crippen LogP contribution is 2.34. The van der Waals surface area contributed by atoms with Crippen LogP contribution >= 0.6 is 0 Å². The maximum Gasteiger partial charge on any atom is 0.187 e. The maximum absolute atomic E-state index is 10.6. The lowest BCUT2D eigenvalue weighted by Gasteiger charge is -2.45. The van der Waals surface area contributed by atoms with Gasteiger partial charge in [-0.2, -0.15) is 0 Å². The van der Waals surface area contributed by atoms with Crippen LogP contribution in [0.1, 0.15) is 28.5 Å². The van der Waals surface area contributed by atoms with Crippen LogP contribution in [0.4, 0.5) is 0 Å². The summed E-state index contributed by atoms with van der Waals surface area (Å²) < 4.78 is 103. The van der Waals surface area contributed by atoms with Crippen LogP contribution in [0.3, 0.4) is 0 Å². The van der Waals surface area contributed by atoms with Crippen molar-refractivity contribution in [3.63, 3.8) is 0 Å². The molecule has 30 atom stereocenters. The Morgan fingerprint density at radius 3 is 0.750 bits per heavy atom. The molecule has 0 amide bonds. The van der Waals surface area contributed by atoms with Crippen LogP contribution in [0.15, 0.2) is 31.0 Å². The number of aromatic nitrogens is 15. The minimum absolute atomic E-state index is 0.0165. The van der Waals surface area contributed by atoms with Gasteiger partial charge in [-0.1, -0.05) is 26.1 Å². The number of hydrogen-bond acceptors (Lipinski definition) is 46. The van der Waals surface area contributed by atoms with Crippen molar-refractivity contribution in [1.82, 2.24) is 75.0 Å². The van der Waals surface area contributed by atoms with Crippen molar-refractivity contribution in [2.45, 2.75) is 250 Å². The van der Waals surface area contributed by atoms with E-state index in [1.807, 2.05) is 0 Å². The second-order valence-electron chi connectivity index (χ2n) is 26.9. The molecule has 0 saturated carbocycles. The number of rotatable bonds is 41. The quantitative estimate of drug-likeness (QED) is 0.0173. The third-order valence-electron chi connectivity index (χ3n) is 19.0. The molecule has 6 aliphatic heterocycles. The van der Waals surface area contributed by atoms with Gasteiger partial charge in [0.2, 0.25) is 0 Å². The summed E-state index contributed by atoms with van der Waals surface area (Å²) in [6.45, 7) is -6.58. The van der Waals surface area contributed by atoms with Gasteiger partial charge in [0.05, 0.1) is 169 Å². The van der Waals surface area contributed by atoms with Crippen LogP contribution in [0, 0.1) is 0 Å². The van der Waals surface area contributed by atoms with Gasteiger partial charge in [-0.05, 0) is 0 Å². The molecule has 20 N–H and O–H groups in total. The van der Waals surface area contributed by atoms with Gasteiger partial charge in [-0.15, -0.1) is 25.5 Å². The second-order valence-corrected chi connectivity index (χ2v) is 26.9. The molecule has 5 aromatic rings. The molecule has 632 valence electrons. The Bertz CT molecular complexity index is 3550. The Balaban J connectivity index is 0.853. The highest BCUT2D eigenvalue weighted by molar-refractivity contribution is 5.01. The SMILES string of the molecule is OC[C@H]1O[C@@H](OCCn2cc(COC[C@H]3O[C@@H](OCc4cn(CCO[C@@H]5O[C@H](CO)[C@H](O)[C@H](O)[C@H]5O)nn4)[C@H](OCc4cn(CCO[C@@H]5O[C@H](CO)[C@H](O)[C@H](O)[C@H]5O)nn4)[C@@H](OCc4cn(CCO[C@@H]5O[C@H](CO)[C@H](O)[C@H](O)[C@H]5O)nn4)[C@@H]3OCc3cn(CCO[C@@H]4O[C@H](CO)[C@H](O)[C@H](O)[C@H]4O)nn3)nn2)[C@H](O)[C@@H](O)[C@H]1O.